The summed E-state index contributed by atoms with van der Waals surface area (Å²) in [5, 5.41) is 3.10. The number of benzene rings is 1. The Morgan fingerprint density at radius 3 is 2.37 bits per heavy atom. The van der Waals surface area contributed by atoms with Crippen molar-refractivity contribution in [1.29, 1.82) is 0 Å². The van der Waals surface area contributed by atoms with Gasteiger partial charge in [0.05, 0.1) is 12.1 Å². The number of alkyl halides is 3. The summed E-state index contributed by atoms with van der Waals surface area (Å²) >= 11 is 0. The fourth-order valence-corrected chi connectivity index (χ4v) is 1.72. The van der Waals surface area contributed by atoms with Gasteiger partial charge < -0.3 is 10.2 Å². The molecular weight excluding hydrogens is 370 g/mol. The van der Waals surface area contributed by atoms with Gasteiger partial charge in [0.15, 0.2) is 5.96 Å². The molecule has 0 unspecified atom stereocenters. The second-order valence-electron chi connectivity index (χ2n) is 4.18. The number of nitrogens with zero attached hydrogens (tertiary/aromatic N) is 2. The normalized spacial score (nSPS) is 14.9. The SMILES string of the molecule is CN1CCN=C1NCc1ccc(C(F)(F)F)cc1.I. The van der Waals surface area contributed by atoms with Crippen molar-refractivity contribution in [2.75, 3.05) is 20.1 Å². The van der Waals surface area contributed by atoms with Crippen LogP contribution in [0.15, 0.2) is 29.3 Å². The fourth-order valence-electron chi connectivity index (χ4n) is 1.72. The van der Waals surface area contributed by atoms with Gasteiger partial charge in [-0.3, -0.25) is 4.99 Å². The molecule has 1 N–H and O–H groups in total. The third-order valence-electron chi connectivity index (χ3n) is 2.79. The molecule has 0 saturated carbocycles. The topological polar surface area (TPSA) is 27.6 Å². The van der Waals surface area contributed by atoms with E-state index in [1.54, 1.807) is 0 Å². The van der Waals surface area contributed by atoms with Crippen LogP contribution in [0.25, 0.3) is 0 Å². The molecule has 0 aliphatic carbocycles. The molecule has 1 aromatic rings. The molecule has 0 aromatic heterocycles. The van der Waals surface area contributed by atoms with Gasteiger partial charge in [-0.1, -0.05) is 12.1 Å². The van der Waals surface area contributed by atoms with Crippen LogP contribution in [0.2, 0.25) is 0 Å². The smallest absolute Gasteiger partial charge is 0.352 e. The van der Waals surface area contributed by atoms with Crippen LogP contribution in [-0.4, -0.2) is 31.0 Å². The lowest BCUT2D eigenvalue weighted by Gasteiger charge is -2.15. The largest absolute Gasteiger partial charge is 0.416 e. The number of nitrogens with one attached hydrogen (secondary N) is 1. The number of hydrogen-bond donors (Lipinski definition) is 1. The first-order valence-electron chi connectivity index (χ1n) is 5.62. The third kappa shape index (κ3) is 4.26. The fraction of sp³-hybridized carbons (Fsp3) is 0.417. The van der Waals surface area contributed by atoms with Crippen LogP contribution in [-0.2, 0) is 12.7 Å². The Bertz CT molecular complexity index is 443. The van der Waals surface area contributed by atoms with Gasteiger partial charge in [0, 0.05) is 20.1 Å². The minimum atomic E-state index is -4.28. The van der Waals surface area contributed by atoms with E-state index in [2.05, 4.69) is 10.3 Å². The summed E-state index contributed by atoms with van der Waals surface area (Å²) in [6.07, 6.45) is -4.28. The van der Waals surface area contributed by atoms with E-state index in [0.717, 1.165) is 36.7 Å². The molecule has 0 amide bonds. The average Bonchev–Trinajstić information content (AvgIpc) is 2.72. The molecule has 2 rings (SSSR count). The first kappa shape index (κ1) is 16.1. The van der Waals surface area contributed by atoms with E-state index in [1.807, 2.05) is 11.9 Å². The van der Waals surface area contributed by atoms with Crippen molar-refractivity contribution in [3.05, 3.63) is 35.4 Å². The molecule has 106 valence electrons. The van der Waals surface area contributed by atoms with Crippen LogP contribution in [0, 0.1) is 0 Å². The van der Waals surface area contributed by atoms with Crippen LogP contribution in [0.1, 0.15) is 11.1 Å². The van der Waals surface area contributed by atoms with Gasteiger partial charge >= 0.3 is 6.18 Å². The van der Waals surface area contributed by atoms with E-state index < -0.39 is 11.7 Å². The van der Waals surface area contributed by atoms with Crippen molar-refractivity contribution in [3.8, 4) is 0 Å². The van der Waals surface area contributed by atoms with Crippen LogP contribution < -0.4 is 5.32 Å². The van der Waals surface area contributed by atoms with Gasteiger partial charge in [0.2, 0.25) is 0 Å². The van der Waals surface area contributed by atoms with Gasteiger partial charge in [-0.15, -0.1) is 24.0 Å². The van der Waals surface area contributed by atoms with E-state index in [0.29, 0.717) is 6.54 Å². The molecule has 0 fully saturated rings. The predicted molar refractivity (Wildman–Crippen MR) is 78.6 cm³/mol. The van der Waals surface area contributed by atoms with E-state index in [1.165, 1.54) is 12.1 Å². The molecule has 0 saturated heterocycles. The van der Waals surface area contributed by atoms with Crippen molar-refractivity contribution >= 4 is 29.9 Å². The maximum atomic E-state index is 12.4. The molecule has 1 aliphatic heterocycles. The predicted octanol–water partition coefficient (Wildman–Crippen LogP) is 2.71. The molecule has 0 spiro atoms. The zero-order valence-electron chi connectivity index (χ0n) is 10.4. The first-order valence-corrected chi connectivity index (χ1v) is 5.62. The van der Waals surface area contributed by atoms with Crippen molar-refractivity contribution in [1.82, 2.24) is 10.2 Å². The second kappa shape index (κ2) is 6.44. The Morgan fingerprint density at radius 1 is 1.26 bits per heavy atom. The van der Waals surface area contributed by atoms with Gasteiger partial charge in [-0.25, -0.2) is 0 Å². The van der Waals surface area contributed by atoms with E-state index in [9.17, 15) is 13.2 Å². The highest BCUT2D eigenvalue weighted by atomic mass is 127. The second-order valence-corrected chi connectivity index (χ2v) is 4.18. The van der Waals surface area contributed by atoms with Crippen LogP contribution >= 0.6 is 24.0 Å². The molecule has 0 radical (unpaired) electrons. The molecule has 1 aliphatic rings. The number of hydrogen-bond acceptors (Lipinski definition) is 3. The number of likely N-dealkylation sites (N-methyl/N-ethyl adjacent to an activating group) is 1. The number of halogens is 4. The lowest BCUT2D eigenvalue weighted by atomic mass is 10.1. The number of rotatable bonds is 2. The van der Waals surface area contributed by atoms with Gasteiger partial charge in [0.1, 0.15) is 0 Å². The monoisotopic (exact) mass is 385 g/mol. The standard InChI is InChI=1S/C12H14F3N3.HI/c1-18-7-6-16-11(18)17-8-9-2-4-10(5-3-9)12(13,14)15;/h2-5H,6-8H2,1H3,(H,16,17);1H. The maximum absolute atomic E-state index is 12.4. The summed E-state index contributed by atoms with van der Waals surface area (Å²) in [7, 11) is 1.92. The van der Waals surface area contributed by atoms with Crippen LogP contribution in [0.3, 0.4) is 0 Å². The molecule has 3 nitrogen and oxygen atoms in total. The summed E-state index contributed by atoms with van der Waals surface area (Å²) in [6, 6.07) is 5.14. The highest BCUT2D eigenvalue weighted by molar-refractivity contribution is 14.0. The highest BCUT2D eigenvalue weighted by Crippen LogP contribution is 2.28. The van der Waals surface area contributed by atoms with Crippen LogP contribution in [0.5, 0.6) is 0 Å². The van der Waals surface area contributed by atoms with E-state index >= 15 is 0 Å². The lowest BCUT2D eigenvalue weighted by molar-refractivity contribution is -0.137. The average molecular weight is 385 g/mol. The minimum Gasteiger partial charge on any atom is -0.352 e. The Hall–Kier alpha value is -0.990. The summed E-state index contributed by atoms with van der Waals surface area (Å²) in [5.74, 6) is 0.787. The van der Waals surface area contributed by atoms with Gasteiger partial charge in [-0.05, 0) is 17.7 Å². The first-order chi connectivity index (χ1) is 8.47. The van der Waals surface area contributed by atoms with Crippen molar-refractivity contribution < 1.29 is 13.2 Å². The maximum Gasteiger partial charge on any atom is 0.416 e. The number of aliphatic imine (C=N–C) groups is 1. The Morgan fingerprint density at radius 2 is 1.89 bits per heavy atom. The highest BCUT2D eigenvalue weighted by Gasteiger charge is 2.29. The molecule has 0 bridgehead atoms. The molecule has 19 heavy (non-hydrogen) atoms. The van der Waals surface area contributed by atoms with Crippen LogP contribution in [0.4, 0.5) is 13.2 Å². The summed E-state index contributed by atoms with van der Waals surface area (Å²) in [4.78, 5) is 6.22. The van der Waals surface area contributed by atoms with Crippen molar-refractivity contribution in [2.45, 2.75) is 12.7 Å². The molecule has 0 atom stereocenters. The van der Waals surface area contributed by atoms with E-state index in [-0.39, 0.29) is 24.0 Å². The molecule has 1 heterocycles. The number of guanidine groups is 1. The third-order valence-corrected chi connectivity index (χ3v) is 2.79. The zero-order chi connectivity index (χ0) is 13.2. The Kier molecular flexibility index (Phi) is 5.45. The summed E-state index contributed by atoms with van der Waals surface area (Å²) in [6.45, 7) is 2.10. The summed E-state index contributed by atoms with van der Waals surface area (Å²) < 4.78 is 37.1. The Labute approximate surface area is 126 Å². The van der Waals surface area contributed by atoms with Gasteiger partial charge in [0.25, 0.3) is 0 Å². The summed E-state index contributed by atoms with van der Waals surface area (Å²) in [5.41, 5.74) is 0.174. The quantitative estimate of drug-likeness (QED) is 0.794. The lowest BCUT2D eigenvalue weighted by Crippen LogP contribution is -2.35. The zero-order valence-corrected chi connectivity index (χ0v) is 12.7. The minimum absolute atomic E-state index is 0. The van der Waals surface area contributed by atoms with Crippen molar-refractivity contribution in [2.24, 2.45) is 4.99 Å². The van der Waals surface area contributed by atoms with Crippen molar-refractivity contribution in [3.63, 3.8) is 0 Å². The molecule has 7 heteroatoms. The van der Waals surface area contributed by atoms with Gasteiger partial charge in [-0.2, -0.15) is 13.2 Å². The van der Waals surface area contributed by atoms with E-state index in [4.69, 9.17) is 0 Å². The molecule has 1 aromatic carbocycles. The molecular formula is C12H15F3IN3. The Balaban J connectivity index is 0.00000180.